The van der Waals surface area contributed by atoms with E-state index >= 15 is 0 Å². The van der Waals surface area contributed by atoms with Crippen molar-refractivity contribution in [2.75, 3.05) is 186 Å². The van der Waals surface area contributed by atoms with Crippen LogP contribution in [-0.4, -0.2) is 357 Å². The highest BCUT2D eigenvalue weighted by Gasteiger charge is 2.43. The Balaban J connectivity index is 0.000000794. The van der Waals surface area contributed by atoms with Crippen LogP contribution >= 0.6 is 0 Å². The molecule has 14 heterocycles. The number of methoxy groups -OCH3 is 2. The molecule has 0 aromatic rings. The molecule has 14 aliphatic heterocycles. The summed E-state index contributed by atoms with van der Waals surface area (Å²) in [5, 5.41) is 0. The van der Waals surface area contributed by atoms with Crippen LogP contribution in [0.3, 0.4) is 0 Å². The SMILES string of the molecule is CCC1OC1COC.CCCCCCCOCC1OC1C.CCCCCCCOCC1OC1CC.CCCCCCOCC1OC1C.CCCCCCOCC1OC1CC.CCCCCOCC1OC1C.CCCCCOCC1OC1CC.CCCCOCC1OC1C.CCCCOCC1OC1CC.CCCOCC1OC1C.CCCOCC1OC1CC.CCOCC1OC1C.CCOCC1OC1CC.COCC1OC1C. The Kier molecular flexibility index (Phi) is 97.1. The first-order valence-electron chi connectivity index (χ1n) is 60.6. The third-order valence-electron chi connectivity index (χ3n) is 26.8. The molecule has 0 bridgehead atoms. The van der Waals surface area contributed by atoms with Gasteiger partial charge in [0.15, 0.2) is 0 Å². The molecular weight excluding hydrogens is 1880 g/mol. The predicted octanol–water partition coefficient (Wildman–Crippen LogP) is 25.0. The van der Waals surface area contributed by atoms with Gasteiger partial charge in [0.2, 0.25) is 0 Å². The van der Waals surface area contributed by atoms with E-state index in [0.29, 0.717) is 171 Å². The van der Waals surface area contributed by atoms with Crippen LogP contribution in [0.2, 0.25) is 0 Å². The summed E-state index contributed by atoms with van der Waals surface area (Å²) in [7, 11) is 3.39. The Morgan fingerprint density at radius 2 is 0.265 bits per heavy atom. The number of unbranched alkanes of at least 4 members (excludes halogenated alkanes) is 20. The van der Waals surface area contributed by atoms with Gasteiger partial charge in [0, 0.05) is 93.5 Å². The van der Waals surface area contributed by atoms with Crippen LogP contribution in [0.1, 0.15) is 418 Å². The zero-order valence-electron chi connectivity index (χ0n) is 100. The highest BCUT2D eigenvalue weighted by molar-refractivity contribution is 4.89. The molecule has 0 N–H and O–H groups in total. The Morgan fingerprint density at radius 1 is 0.129 bits per heavy atom. The van der Waals surface area contributed by atoms with Crippen molar-refractivity contribution < 1.29 is 133 Å². The molecule has 0 aromatic heterocycles. The van der Waals surface area contributed by atoms with E-state index in [-0.39, 0.29) is 0 Å². The minimum absolute atomic E-state index is 0.394. The minimum atomic E-state index is 0.394. The van der Waals surface area contributed by atoms with E-state index in [0.717, 1.165) is 230 Å². The van der Waals surface area contributed by atoms with Crippen molar-refractivity contribution >= 4 is 0 Å². The van der Waals surface area contributed by atoms with Gasteiger partial charge in [0.05, 0.1) is 178 Å². The van der Waals surface area contributed by atoms with Gasteiger partial charge in [-0.2, -0.15) is 0 Å². The van der Waals surface area contributed by atoms with Crippen molar-refractivity contribution in [1.82, 2.24) is 0 Å². The average Bonchev–Trinajstić information content (AvgIpc) is 1.70. The number of epoxide rings is 14. The zero-order chi connectivity index (χ0) is 109. The Morgan fingerprint density at radius 3 is 0.429 bits per heavy atom. The van der Waals surface area contributed by atoms with Crippen molar-refractivity contribution in [2.24, 2.45) is 0 Å². The van der Waals surface area contributed by atoms with Crippen LogP contribution in [0.25, 0.3) is 0 Å². The van der Waals surface area contributed by atoms with E-state index in [2.05, 4.69) is 159 Å². The molecule has 14 fully saturated rings. The molecule has 147 heavy (non-hydrogen) atoms. The normalized spacial score (nSPS) is 29.7. The monoisotopic (exact) mass is 2120 g/mol. The van der Waals surface area contributed by atoms with E-state index in [1.54, 1.807) is 14.2 Å². The lowest BCUT2D eigenvalue weighted by Crippen LogP contribution is -2.05. The number of hydrogen-bond donors (Lipinski definition) is 0. The number of rotatable bonds is 77. The molecule has 28 unspecified atom stereocenters. The molecule has 28 atom stereocenters. The van der Waals surface area contributed by atoms with Crippen molar-refractivity contribution in [3.05, 3.63) is 0 Å². The third kappa shape index (κ3) is 90.4. The maximum Gasteiger partial charge on any atom is 0.107 e. The molecule has 0 radical (unpaired) electrons. The van der Waals surface area contributed by atoms with Gasteiger partial charge in [-0.3, -0.25) is 0 Å². The first-order chi connectivity index (χ1) is 71.6. The molecule has 28 nitrogen and oxygen atoms in total. The molecule has 28 heteroatoms. The fourth-order valence-electron chi connectivity index (χ4n) is 15.0. The lowest BCUT2D eigenvalue weighted by Gasteiger charge is -2.01. The summed E-state index contributed by atoms with van der Waals surface area (Å²) >= 11 is 0. The lowest BCUT2D eigenvalue weighted by atomic mass is 10.2. The van der Waals surface area contributed by atoms with Gasteiger partial charge < -0.3 is 133 Å². The van der Waals surface area contributed by atoms with Crippen molar-refractivity contribution in [3.8, 4) is 0 Å². The van der Waals surface area contributed by atoms with Crippen LogP contribution in [0.4, 0.5) is 0 Å². The Labute approximate surface area is 902 Å². The first-order valence-corrected chi connectivity index (χ1v) is 60.6. The van der Waals surface area contributed by atoms with E-state index in [4.69, 9.17) is 133 Å². The maximum atomic E-state index is 5.54. The van der Waals surface area contributed by atoms with Crippen LogP contribution in [0.15, 0.2) is 0 Å². The molecule has 0 amide bonds. The summed E-state index contributed by atoms with van der Waals surface area (Å²) in [6.07, 6.45) is 58.0. The summed E-state index contributed by atoms with van der Waals surface area (Å²) in [6.45, 7) is 77.1. The van der Waals surface area contributed by atoms with Crippen molar-refractivity contribution in [2.45, 2.75) is 588 Å². The molecule has 0 aliphatic carbocycles. The van der Waals surface area contributed by atoms with E-state index < -0.39 is 0 Å². The fraction of sp³-hybridized carbons (Fsp3) is 1.00. The molecular formula is C119H238O28. The van der Waals surface area contributed by atoms with Gasteiger partial charge in [0.1, 0.15) is 85.5 Å². The molecule has 14 rings (SSSR count). The third-order valence-corrected chi connectivity index (χ3v) is 26.8. The van der Waals surface area contributed by atoms with Gasteiger partial charge >= 0.3 is 0 Å². The van der Waals surface area contributed by atoms with Gasteiger partial charge in [-0.15, -0.1) is 0 Å². The Bertz CT molecular complexity index is 2710. The van der Waals surface area contributed by atoms with E-state index in [9.17, 15) is 0 Å². The quantitative estimate of drug-likeness (QED) is 0.0403. The molecule has 14 saturated heterocycles. The zero-order valence-corrected chi connectivity index (χ0v) is 100. The van der Waals surface area contributed by atoms with Crippen molar-refractivity contribution in [3.63, 3.8) is 0 Å². The first kappa shape index (κ1) is 144. The molecule has 0 aromatic carbocycles. The Hall–Kier alpha value is -1.12. The second-order valence-corrected chi connectivity index (χ2v) is 41.1. The molecule has 14 aliphatic rings. The molecule has 0 spiro atoms. The standard InChI is InChI=1S/C12H24O2.2C11H22O2.2C10H20O2.2C9H18O2.2C8H16O2.2C7H14O2.2C6H12O2.C5H10O2/c1-3-5-6-7-8-9-13-10-12-11(4-2)14-12;1-3-4-5-6-7-8-12-9-11-10(2)13-11;1-3-5-6-7-8-12-9-11-10(4-2)13-11;1-3-4-5-6-7-11-8-10-9(2)12-10;1-3-5-6-7-11-8-10-9(4-2)12-10;1-3-4-5-6-10-7-9-8(2)11-9;1-3-5-6-10-7-9-8(4-2)11-9;1-3-4-5-9-6-8-7(2)10-8;1-3-5-9-6-8-7(4-2)10-8;1-3-4-8-5-7-6(2)9-7;1-3-6-7(9-6)5-8-4-2;1-3-5-6(8-5)4-7-2;1-3-7-4-6-5(2)8-6;1-4-5(7-4)3-6-2/h11-12H,3-10H2,1-2H3;2*10-11H,3-9H2,1-2H3;2*9-10H,3-8H2,1-2H3;2*8-9H,3-7H2,1-2H3;2*7-8H,3-6H2,1-2H3;2*6-7H,3-5H2,1-2H3;2*5-6H,3-4H2,1-2H3;4-5H,3H2,1-2H3. The summed E-state index contributed by atoms with van der Waals surface area (Å²) in [6, 6.07) is 0. The number of ether oxygens (including phenoxy) is 28. The summed E-state index contributed by atoms with van der Waals surface area (Å²) in [5.41, 5.74) is 0. The number of hydrogen-bond acceptors (Lipinski definition) is 28. The van der Waals surface area contributed by atoms with Gasteiger partial charge in [-0.05, 0) is 171 Å². The summed E-state index contributed by atoms with van der Waals surface area (Å²) in [5.74, 6) is 0. The predicted molar refractivity (Wildman–Crippen MR) is 593 cm³/mol. The largest absolute Gasteiger partial charge is 0.382 e. The smallest absolute Gasteiger partial charge is 0.107 e. The maximum absolute atomic E-state index is 5.54. The summed E-state index contributed by atoms with van der Waals surface area (Å²) < 4.78 is 147. The molecule has 882 valence electrons. The van der Waals surface area contributed by atoms with Crippen LogP contribution in [-0.2, 0) is 133 Å². The summed E-state index contributed by atoms with van der Waals surface area (Å²) in [4.78, 5) is 0. The lowest BCUT2D eigenvalue weighted by molar-refractivity contribution is 0.113. The van der Waals surface area contributed by atoms with Gasteiger partial charge in [-0.25, -0.2) is 0 Å². The second-order valence-electron chi connectivity index (χ2n) is 41.1. The van der Waals surface area contributed by atoms with E-state index in [1.165, 1.54) is 180 Å². The van der Waals surface area contributed by atoms with Crippen molar-refractivity contribution in [1.29, 1.82) is 0 Å². The van der Waals surface area contributed by atoms with Gasteiger partial charge in [-0.1, -0.05) is 246 Å². The minimum Gasteiger partial charge on any atom is -0.382 e. The highest BCUT2D eigenvalue weighted by Crippen LogP contribution is 2.32. The fourth-order valence-corrected chi connectivity index (χ4v) is 15.0. The van der Waals surface area contributed by atoms with Crippen LogP contribution in [0.5, 0.6) is 0 Å². The van der Waals surface area contributed by atoms with E-state index in [1.807, 2.05) is 20.8 Å². The average molecular weight is 2120 g/mol. The van der Waals surface area contributed by atoms with Crippen LogP contribution < -0.4 is 0 Å². The van der Waals surface area contributed by atoms with Gasteiger partial charge in [0.25, 0.3) is 0 Å². The highest BCUT2D eigenvalue weighted by atomic mass is 16.7. The van der Waals surface area contributed by atoms with Crippen LogP contribution in [0, 0.1) is 0 Å². The topological polar surface area (TPSA) is 305 Å². The second kappa shape index (κ2) is 99.2. The molecule has 0 saturated carbocycles.